The van der Waals surface area contributed by atoms with E-state index in [1.165, 1.54) is 15.3 Å². The number of carbonyl (C=O) groups excluding carboxylic acids is 1. The van der Waals surface area contributed by atoms with Crippen molar-refractivity contribution in [1.82, 2.24) is 19.0 Å². The number of piperazine rings is 1. The summed E-state index contributed by atoms with van der Waals surface area (Å²) >= 11 is 6.56. The summed E-state index contributed by atoms with van der Waals surface area (Å²) in [7, 11) is -3.57. The molecule has 3 aromatic rings. The molecule has 0 radical (unpaired) electrons. The summed E-state index contributed by atoms with van der Waals surface area (Å²) in [4.78, 5) is 14.9. The van der Waals surface area contributed by atoms with E-state index in [0.717, 1.165) is 11.1 Å². The molecule has 4 rings (SSSR count). The molecule has 2 aromatic carbocycles. The van der Waals surface area contributed by atoms with Crippen LogP contribution in [0.4, 0.5) is 0 Å². The third-order valence-electron chi connectivity index (χ3n) is 5.85. The van der Waals surface area contributed by atoms with Crippen LogP contribution in [0.15, 0.2) is 60.0 Å². The first-order chi connectivity index (χ1) is 16.2. The zero-order chi connectivity index (χ0) is 24.3. The van der Waals surface area contributed by atoms with Gasteiger partial charge in [0.2, 0.25) is 10.0 Å². The van der Waals surface area contributed by atoms with Crippen LogP contribution in [0.1, 0.15) is 32.7 Å². The van der Waals surface area contributed by atoms with Crippen molar-refractivity contribution in [3.8, 4) is 0 Å². The first kappa shape index (κ1) is 24.2. The van der Waals surface area contributed by atoms with E-state index in [2.05, 4.69) is 5.10 Å². The topological polar surface area (TPSA) is 75.5 Å². The smallest absolute Gasteiger partial charge is 0.258 e. The number of halogens is 1. The third-order valence-corrected chi connectivity index (χ3v) is 7.80. The third kappa shape index (κ3) is 5.41. The van der Waals surface area contributed by atoms with Crippen molar-refractivity contribution in [2.45, 2.75) is 20.4 Å². The Morgan fingerprint density at radius 1 is 1.00 bits per heavy atom. The molecule has 9 heteroatoms. The highest BCUT2D eigenvalue weighted by Gasteiger charge is 2.31. The molecule has 0 bridgehead atoms. The normalized spacial score (nSPS) is 15.2. The molecular formula is C25H27ClN4O3S. The molecule has 0 aliphatic carbocycles. The summed E-state index contributed by atoms with van der Waals surface area (Å²) < 4.78 is 28.4. The van der Waals surface area contributed by atoms with Gasteiger partial charge in [0, 0.05) is 31.6 Å². The predicted octanol–water partition coefficient (Wildman–Crippen LogP) is 3.96. The van der Waals surface area contributed by atoms with E-state index in [-0.39, 0.29) is 32.1 Å². The molecule has 1 fully saturated rings. The first-order valence-electron chi connectivity index (χ1n) is 11.1. The molecule has 1 aromatic heterocycles. The van der Waals surface area contributed by atoms with E-state index in [9.17, 15) is 13.2 Å². The van der Waals surface area contributed by atoms with Gasteiger partial charge in [-0.05, 0) is 31.1 Å². The summed E-state index contributed by atoms with van der Waals surface area (Å²) in [5, 5.41) is 5.99. The molecule has 1 aliphatic rings. The van der Waals surface area contributed by atoms with Crippen molar-refractivity contribution < 1.29 is 13.2 Å². The van der Waals surface area contributed by atoms with Crippen LogP contribution >= 0.6 is 11.6 Å². The van der Waals surface area contributed by atoms with E-state index < -0.39 is 10.0 Å². The minimum absolute atomic E-state index is 0.224. The molecule has 0 spiro atoms. The molecule has 2 heterocycles. The Hall–Kier alpha value is -2.94. The average Bonchev–Trinajstić information content (AvgIpc) is 3.12. The second-order valence-electron chi connectivity index (χ2n) is 8.34. The van der Waals surface area contributed by atoms with Crippen molar-refractivity contribution in [3.63, 3.8) is 0 Å². The number of amides is 1. The fraction of sp³-hybridized carbons (Fsp3) is 0.280. The van der Waals surface area contributed by atoms with Crippen LogP contribution in [0.25, 0.3) is 6.08 Å². The number of sulfonamides is 1. The molecule has 0 atom stereocenters. The lowest BCUT2D eigenvalue weighted by atomic mass is 10.1. The maximum Gasteiger partial charge on any atom is 0.258 e. The Labute approximate surface area is 205 Å². The zero-order valence-electron chi connectivity index (χ0n) is 19.2. The van der Waals surface area contributed by atoms with Crippen LogP contribution < -0.4 is 0 Å². The number of carbonyl (C=O) groups is 1. The number of aryl methyl sites for hydroxylation is 2. The van der Waals surface area contributed by atoms with Gasteiger partial charge >= 0.3 is 0 Å². The highest BCUT2D eigenvalue weighted by atomic mass is 35.5. The van der Waals surface area contributed by atoms with Gasteiger partial charge in [-0.2, -0.15) is 9.40 Å². The van der Waals surface area contributed by atoms with Gasteiger partial charge in [0.25, 0.3) is 5.91 Å². The fourth-order valence-corrected chi connectivity index (χ4v) is 5.37. The lowest BCUT2D eigenvalue weighted by Gasteiger charge is -2.33. The molecule has 0 saturated carbocycles. The molecule has 178 valence electrons. The van der Waals surface area contributed by atoms with Crippen LogP contribution in [-0.2, 0) is 16.6 Å². The lowest BCUT2D eigenvalue weighted by molar-refractivity contribution is 0.0698. The van der Waals surface area contributed by atoms with Crippen LogP contribution in [0.2, 0.25) is 5.15 Å². The summed E-state index contributed by atoms with van der Waals surface area (Å²) in [6.45, 7) is 5.28. The van der Waals surface area contributed by atoms with Crippen molar-refractivity contribution >= 4 is 33.6 Å². The summed E-state index contributed by atoms with van der Waals surface area (Å²) in [6.07, 6.45) is 1.58. The number of nitrogens with zero attached hydrogens (tertiary/aromatic N) is 4. The molecule has 0 unspecified atom stereocenters. The van der Waals surface area contributed by atoms with E-state index in [1.807, 2.05) is 61.5 Å². The number of hydrogen-bond acceptors (Lipinski definition) is 4. The van der Waals surface area contributed by atoms with Crippen molar-refractivity contribution in [3.05, 3.63) is 93.1 Å². The maximum atomic E-state index is 13.2. The van der Waals surface area contributed by atoms with Gasteiger partial charge in [0.1, 0.15) is 5.15 Å². The van der Waals surface area contributed by atoms with Crippen molar-refractivity contribution in [2.24, 2.45) is 0 Å². The highest BCUT2D eigenvalue weighted by Crippen LogP contribution is 2.24. The Balaban J connectivity index is 1.42. The Morgan fingerprint density at radius 2 is 1.65 bits per heavy atom. The SMILES string of the molecule is Cc1ccc(Cn2nc(C)c(C(=O)N3CCN(S(=O)(=O)C=Cc4ccccc4)CC3)c2Cl)cc1. The number of rotatable bonds is 6. The zero-order valence-corrected chi connectivity index (χ0v) is 20.8. The van der Waals surface area contributed by atoms with E-state index in [0.29, 0.717) is 23.0 Å². The number of hydrogen-bond donors (Lipinski definition) is 0. The van der Waals surface area contributed by atoms with Crippen molar-refractivity contribution in [1.29, 1.82) is 0 Å². The van der Waals surface area contributed by atoms with E-state index >= 15 is 0 Å². The van der Waals surface area contributed by atoms with Crippen LogP contribution in [0, 0.1) is 13.8 Å². The number of benzene rings is 2. The van der Waals surface area contributed by atoms with Gasteiger partial charge in [-0.25, -0.2) is 13.1 Å². The minimum Gasteiger partial charge on any atom is -0.336 e. The Morgan fingerprint density at radius 3 is 2.29 bits per heavy atom. The average molecular weight is 499 g/mol. The quantitative estimate of drug-likeness (QED) is 0.515. The molecule has 34 heavy (non-hydrogen) atoms. The fourth-order valence-electron chi connectivity index (χ4n) is 3.89. The second-order valence-corrected chi connectivity index (χ2v) is 10.5. The van der Waals surface area contributed by atoms with E-state index in [4.69, 9.17) is 11.6 Å². The molecule has 7 nitrogen and oxygen atoms in total. The minimum atomic E-state index is -3.57. The Kier molecular flexibility index (Phi) is 7.21. The van der Waals surface area contributed by atoms with Gasteiger partial charge in [0.05, 0.1) is 17.8 Å². The largest absolute Gasteiger partial charge is 0.336 e. The molecule has 1 saturated heterocycles. The van der Waals surface area contributed by atoms with Crippen LogP contribution in [-0.4, -0.2) is 59.5 Å². The predicted molar refractivity (Wildman–Crippen MR) is 134 cm³/mol. The summed E-state index contributed by atoms with van der Waals surface area (Å²) in [6, 6.07) is 17.3. The van der Waals surface area contributed by atoms with Gasteiger partial charge in [-0.15, -0.1) is 0 Å². The second kappa shape index (κ2) is 10.1. The summed E-state index contributed by atoms with van der Waals surface area (Å²) in [5.74, 6) is -0.227. The molecular weight excluding hydrogens is 472 g/mol. The highest BCUT2D eigenvalue weighted by molar-refractivity contribution is 7.92. The monoisotopic (exact) mass is 498 g/mol. The standard InChI is InChI=1S/C25H27ClN4O3S/c1-19-8-10-22(11-9-19)18-30-24(26)23(20(2)27-30)25(31)28-13-15-29(16-14-28)34(32,33)17-12-21-6-4-3-5-7-21/h3-12,17H,13-16,18H2,1-2H3. The van der Waals surface area contributed by atoms with Gasteiger partial charge in [0.15, 0.2) is 0 Å². The van der Waals surface area contributed by atoms with Crippen LogP contribution in [0.5, 0.6) is 0 Å². The van der Waals surface area contributed by atoms with Crippen molar-refractivity contribution in [2.75, 3.05) is 26.2 Å². The molecule has 1 aliphatic heterocycles. The lowest BCUT2D eigenvalue weighted by Crippen LogP contribution is -2.50. The van der Waals surface area contributed by atoms with Crippen LogP contribution in [0.3, 0.4) is 0 Å². The summed E-state index contributed by atoms with van der Waals surface area (Å²) in [5.41, 5.74) is 3.94. The van der Waals surface area contributed by atoms with Gasteiger partial charge in [-0.3, -0.25) is 4.79 Å². The maximum absolute atomic E-state index is 13.2. The van der Waals surface area contributed by atoms with Gasteiger partial charge in [-0.1, -0.05) is 71.8 Å². The Bertz CT molecular complexity index is 1290. The van der Waals surface area contributed by atoms with Gasteiger partial charge < -0.3 is 4.90 Å². The number of aromatic nitrogens is 2. The van der Waals surface area contributed by atoms with E-state index in [1.54, 1.807) is 22.6 Å². The molecule has 1 amide bonds. The molecule has 0 N–H and O–H groups in total. The first-order valence-corrected chi connectivity index (χ1v) is 12.9.